The lowest BCUT2D eigenvalue weighted by Gasteiger charge is -2.33. The number of thiophene rings is 1. The monoisotopic (exact) mass is 516 g/mol. The maximum atomic E-state index is 13.7. The van der Waals surface area contributed by atoms with Gasteiger partial charge in [-0.15, -0.1) is 11.3 Å². The van der Waals surface area contributed by atoms with E-state index in [1.165, 1.54) is 18.4 Å². The van der Waals surface area contributed by atoms with Crippen LogP contribution in [0.15, 0.2) is 59.3 Å². The average molecular weight is 517 g/mol. The molecule has 1 saturated carbocycles. The van der Waals surface area contributed by atoms with E-state index < -0.39 is 5.97 Å². The van der Waals surface area contributed by atoms with E-state index in [-0.39, 0.29) is 17.9 Å². The van der Waals surface area contributed by atoms with Gasteiger partial charge < -0.3 is 14.1 Å². The molecule has 0 spiro atoms. The second-order valence-corrected chi connectivity index (χ2v) is 11.2. The van der Waals surface area contributed by atoms with Gasteiger partial charge in [0.1, 0.15) is 4.88 Å². The summed E-state index contributed by atoms with van der Waals surface area (Å²) in [5.74, 6) is 0.343. The molecule has 0 radical (unpaired) electrons. The van der Waals surface area contributed by atoms with E-state index in [0.29, 0.717) is 22.2 Å². The molecule has 5 rings (SSSR count). The van der Waals surface area contributed by atoms with Crippen molar-refractivity contribution in [1.29, 1.82) is 0 Å². The number of hydrogen-bond donors (Lipinski definition) is 0. The normalized spacial score (nSPS) is 17.8. The number of methoxy groups -OCH3 is 1. The highest BCUT2D eigenvalue weighted by molar-refractivity contribution is 7.18. The summed E-state index contributed by atoms with van der Waals surface area (Å²) in [6, 6.07) is 14.0. The van der Waals surface area contributed by atoms with Crippen molar-refractivity contribution in [2.45, 2.75) is 52.5 Å². The van der Waals surface area contributed by atoms with Crippen molar-refractivity contribution in [1.82, 2.24) is 4.98 Å². The van der Waals surface area contributed by atoms with Crippen LogP contribution in [0.2, 0.25) is 0 Å². The summed E-state index contributed by atoms with van der Waals surface area (Å²) in [5, 5.41) is 0.957. The largest absolute Gasteiger partial charge is 0.465 e. The summed E-state index contributed by atoms with van der Waals surface area (Å²) < 4.78 is 10.5. The predicted octanol–water partition coefficient (Wildman–Crippen LogP) is 7.58. The number of fused-ring (bicyclic) bond motifs is 1. The van der Waals surface area contributed by atoms with Gasteiger partial charge in [0, 0.05) is 34.0 Å². The summed E-state index contributed by atoms with van der Waals surface area (Å²) in [6.45, 7) is 6.25. The molecule has 1 amide bonds. The predicted molar refractivity (Wildman–Crippen MR) is 148 cm³/mol. The van der Waals surface area contributed by atoms with E-state index >= 15 is 0 Å². The zero-order valence-corrected chi connectivity index (χ0v) is 22.5. The summed E-state index contributed by atoms with van der Waals surface area (Å²) in [4.78, 5) is 34.1. The molecule has 1 aromatic carbocycles. The number of esters is 1. The van der Waals surface area contributed by atoms with Gasteiger partial charge in [-0.1, -0.05) is 31.2 Å². The molecule has 0 N–H and O–H groups in total. The van der Waals surface area contributed by atoms with Gasteiger partial charge in [0.05, 0.1) is 19.1 Å². The number of carbonyl (C=O) groups is 2. The van der Waals surface area contributed by atoms with Crippen LogP contribution < -0.4 is 4.90 Å². The number of nitrogens with zero attached hydrogens (tertiary/aromatic N) is 2. The van der Waals surface area contributed by atoms with Gasteiger partial charge in [-0.3, -0.25) is 4.79 Å². The van der Waals surface area contributed by atoms with Gasteiger partial charge in [0.2, 0.25) is 11.6 Å². The summed E-state index contributed by atoms with van der Waals surface area (Å²) >= 11 is 1.37. The third kappa shape index (κ3) is 5.05. The Morgan fingerprint density at radius 2 is 1.73 bits per heavy atom. The molecule has 1 aliphatic carbocycles. The lowest BCUT2D eigenvalue weighted by atomic mass is 9.82. The van der Waals surface area contributed by atoms with Gasteiger partial charge in [-0.25, -0.2) is 9.78 Å². The minimum absolute atomic E-state index is 0.00657. The van der Waals surface area contributed by atoms with Crippen LogP contribution in [0.5, 0.6) is 0 Å². The Hall–Kier alpha value is -3.45. The lowest BCUT2D eigenvalue weighted by Crippen LogP contribution is -2.42. The average Bonchev–Trinajstić information content (AvgIpc) is 3.56. The van der Waals surface area contributed by atoms with Crippen molar-refractivity contribution in [2.75, 3.05) is 12.0 Å². The second-order valence-electron chi connectivity index (χ2n) is 10.2. The summed E-state index contributed by atoms with van der Waals surface area (Å²) in [6.07, 6.45) is 7.37. The molecule has 0 atom stereocenters. The topological polar surface area (TPSA) is 72.6 Å². The minimum Gasteiger partial charge on any atom is -0.465 e. The zero-order chi connectivity index (χ0) is 26.1. The molecule has 1 aliphatic rings. The van der Waals surface area contributed by atoms with Crippen LogP contribution >= 0.6 is 11.3 Å². The molecule has 7 heteroatoms. The van der Waals surface area contributed by atoms with Crippen molar-refractivity contribution < 1.29 is 18.7 Å². The number of carbonyl (C=O) groups excluding carboxylic acids is 2. The zero-order valence-electron chi connectivity index (χ0n) is 21.7. The Morgan fingerprint density at radius 1 is 1.03 bits per heavy atom. The van der Waals surface area contributed by atoms with Gasteiger partial charge in [-0.2, -0.15) is 0 Å². The molecule has 37 heavy (non-hydrogen) atoms. The maximum Gasteiger partial charge on any atom is 0.350 e. The second kappa shape index (κ2) is 10.5. The molecule has 192 valence electrons. The van der Waals surface area contributed by atoms with Crippen LogP contribution in [0.25, 0.3) is 32.7 Å². The van der Waals surface area contributed by atoms with Crippen molar-refractivity contribution in [2.24, 2.45) is 11.8 Å². The molecular weight excluding hydrogens is 484 g/mol. The standard InChI is InChI=1S/C30H32N2O4S/c1-18(2)32(29(33)22-7-5-19(3)6-8-22)25-16-26(37-27(25)30(34)35-4)21-11-9-20(10-12-21)24-15-23-13-14-36-28(23)31-17-24/h9-19,22H,5-8H2,1-4H3/t19-,22-. The van der Waals surface area contributed by atoms with Crippen molar-refractivity contribution in [3.63, 3.8) is 0 Å². The highest BCUT2D eigenvalue weighted by atomic mass is 32.1. The number of rotatable bonds is 6. The van der Waals surface area contributed by atoms with E-state index in [9.17, 15) is 9.59 Å². The molecule has 3 aromatic heterocycles. The fourth-order valence-corrected chi connectivity index (χ4v) is 6.21. The first-order chi connectivity index (χ1) is 17.9. The quantitative estimate of drug-likeness (QED) is 0.247. The number of ether oxygens (including phenoxy) is 1. The Labute approximate surface area is 221 Å². The maximum absolute atomic E-state index is 13.7. The first-order valence-corrected chi connectivity index (χ1v) is 13.7. The third-order valence-corrected chi connectivity index (χ3v) is 8.42. The molecule has 4 aromatic rings. The molecule has 0 bridgehead atoms. The minimum atomic E-state index is -0.418. The summed E-state index contributed by atoms with van der Waals surface area (Å²) in [5.41, 5.74) is 4.28. The van der Waals surface area contributed by atoms with Gasteiger partial charge in [0.15, 0.2) is 0 Å². The Bertz CT molecular complexity index is 1410. The van der Waals surface area contributed by atoms with E-state index in [0.717, 1.165) is 52.6 Å². The van der Waals surface area contributed by atoms with Crippen LogP contribution in [0.3, 0.4) is 0 Å². The van der Waals surface area contributed by atoms with E-state index in [4.69, 9.17) is 9.15 Å². The number of aromatic nitrogens is 1. The van der Waals surface area contributed by atoms with E-state index in [1.807, 2.05) is 55.1 Å². The van der Waals surface area contributed by atoms with Crippen LogP contribution in [-0.2, 0) is 9.53 Å². The summed E-state index contributed by atoms with van der Waals surface area (Å²) in [7, 11) is 1.38. The third-order valence-electron chi connectivity index (χ3n) is 7.27. The van der Waals surface area contributed by atoms with E-state index in [1.54, 1.807) is 12.5 Å². The fourth-order valence-electron chi connectivity index (χ4n) is 5.14. The van der Waals surface area contributed by atoms with Crippen molar-refractivity contribution in [3.05, 3.63) is 59.8 Å². The van der Waals surface area contributed by atoms with Crippen LogP contribution in [0.4, 0.5) is 5.69 Å². The SMILES string of the molecule is COC(=O)c1sc(-c2ccc(-c3cnc4occc4c3)cc2)cc1N(C(=O)[C@H]1CC[C@H](C)CC1)C(C)C. The molecule has 6 nitrogen and oxygen atoms in total. The number of hydrogen-bond acceptors (Lipinski definition) is 6. The molecule has 0 saturated heterocycles. The smallest absolute Gasteiger partial charge is 0.350 e. The van der Waals surface area contributed by atoms with Gasteiger partial charge >= 0.3 is 5.97 Å². The Balaban J connectivity index is 1.47. The number of pyridine rings is 1. The molecule has 1 fully saturated rings. The molecule has 0 aliphatic heterocycles. The molecular formula is C30H32N2O4S. The van der Waals surface area contributed by atoms with Crippen LogP contribution in [-0.4, -0.2) is 30.0 Å². The number of anilines is 1. The fraction of sp³-hybridized carbons (Fsp3) is 0.367. The highest BCUT2D eigenvalue weighted by Gasteiger charge is 2.33. The highest BCUT2D eigenvalue weighted by Crippen LogP contribution is 2.40. The lowest BCUT2D eigenvalue weighted by molar-refractivity contribution is -0.123. The molecule has 3 heterocycles. The van der Waals surface area contributed by atoms with Gasteiger partial charge in [0.25, 0.3) is 0 Å². The van der Waals surface area contributed by atoms with Crippen LogP contribution in [0.1, 0.15) is 56.1 Å². The Morgan fingerprint density at radius 3 is 2.41 bits per heavy atom. The number of furan rings is 1. The number of amides is 1. The van der Waals surface area contributed by atoms with Crippen molar-refractivity contribution >= 4 is 40.0 Å². The van der Waals surface area contributed by atoms with Crippen LogP contribution in [0, 0.1) is 11.8 Å². The Kier molecular flexibility index (Phi) is 7.15. The molecule has 0 unspecified atom stereocenters. The van der Waals surface area contributed by atoms with E-state index in [2.05, 4.69) is 18.0 Å². The number of benzene rings is 1. The van der Waals surface area contributed by atoms with Gasteiger partial charge in [-0.05, 0) is 74.8 Å². The first-order valence-electron chi connectivity index (χ1n) is 12.8. The first kappa shape index (κ1) is 25.2. The van der Waals surface area contributed by atoms with Crippen molar-refractivity contribution in [3.8, 4) is 21.6 Å².